The van der Waals surface area contributed by atoms with Gasteiger partial charge in [0, 0.05) is 27.4 Å². The fourth-order valence-electron chi connectivity index (χ4n) is 6.41. The molecule has 2 aromatic carbocycles. The van der Waals surface area contributed by atoms with Crippen molar-refractivity contribution < 1.29 is 22.7 Å². The van der Waals surface area contributed by atoms with Crippen LogP contribution in [-0.4, -0.2) is 54.8 Å². The number of benzene rings is 2. The van der Waals surface area contributed by atoms with E-state index >= 15 is 0 Å². The summed E-state index contributed by atoms with van der Waals surface area (Å²) in [6, 6.07) is 14.9. The molecule has 0 spiro atoms. The molecule has 2 aliphatic rings. The Kier molecular flexibility index (Phi) is 9.87. The molecule has 0 bridgehead atoms. The number of carbonyl (C=O) groups is 1. The van der Waals surface area contributed by atoms with Gasteiger partial charge in [0.15, 0.2) is 15.6 Å². The molecule has 41 heavy (non-hydrogen) atoms. The van der Waals surface area contributed by atoms with Crippen LogP contribution < -0.4 is 0 Å². The minimum Gasteiger partial charge on any atom is -0.348 e. The zero-order valence-corrected chi connectivity index (χ0v) is 27.2. The second kappa shape index (κ2) is 12.5. The first-order valence-corrected chi connectivity index (χ1v) is 17.0. The number of halogens is 2. The van der Waals surface area contributed by atoms with E-state index in [0.29, 0.717) is 42.3 Å². The maximum atomic E-state index is 14.8. The summed E-state index contributed by atoms with van der Waals surface area (Å²) in [6.07, 6.45) is 1.83. The Morgan fingerprint density at radius 1 is 1.02 bits per heavy atom. The molecule has 226 valence electrons. The van der Waals surface area contributed by atoms with E-state index in [4.69, 9.17) is 32.7 Å². The highest BCUT2D eigenvalue weighted by molar-refractivity contribution is 7.91. The first-order valence-electron chi connectivity index (χ1n) is 14.5. The van der Waals surface area contributed by atoms with Gasteiger partial charge in [0.2, 0.25) is 5.91 Å². The molecular weight excluding hydrogens is 581 g/mol. The van der Waals surface area contributed by atoms with Crippen molar-refractivity contribution in [2.24, 2.45) is 5.41 Å². The van der Waals surface area contributed by atoms with Crippen LogP contribution in [0, 0.1) is 5.41 Å². The first-order chi connectivity index (χ1) is 19.2. The normalized spacial score (nSPS) is 27.4. The molecule has 2 aromatic rings. The highest BCUT2D eigenvalue weighted by Crippen LogP contribution is 2.53. The smallest absolute Gasteiger partial charge is 0.229 e. The molecule has 4 rings (SSSR count). The number of nitrogens with zero attached hydrogens (tertiary/aromatic N) is 1. The van der Waals surface area contributed by atoms with Gasteiger partial charge < -0.3 is 14.4 Å². The number of piperidine rings is 1. The Morgan fingerprint density at radius 2 is 1.71 bits per heavy atom. The third kappa shape index (κ3) is 7.30. The monoisotopic (exact) mass is 623 g/mol. The number of hydrogen-bond acceptors (Lipinski definition) is 5. The molecule has 0 saturated carbocycles. The van der Waals surface area contributed by atoms with Crippen LogP contribution in [0.3, 0.4) is 0 Å². The van der Waals surface area contributed by atoms with Crippen molar-refractivity contribution in [2.75, 3.05) is 12.4 Å². The molecule has 2 unspecified atom stereocenters. The fraction of sp³-hybridized carbons (Fsp3) is 0.594. The lowest BCUT2D eigenvalue weighted by Gasteiger charge is -2.52. The van der Waals surface area contributed by atoms with Gasteiger partial charge in [0.25, 0.3) is 0 Å². The molecule has 1 amide bonds. The average Bonchev–Trinajstić information content (AvgIpc) is 3.24. The highest BCUT2D eigenvalue weighted by Gasteiger charge is 2.53. The predicted molar refractivity (Wildman–Crippen MR) is 165 cm³/mol. The molecule has 0 radical (unpaired) electrons. The number of carbonyl (C=O) groups excluding carboxylic acids is 1. The number of sulfone groups is 1. The quantitative estimate of drug-likeness (QED) is 0.272. The molecule has 0 aliphatic carbocycles. The zero-order valence-electron chi connectivity index (χ0n) is 24.9. The maximum absolute atomic E-state index is 14.8. The van der Waals surface area contributed by atoms with Crippen LogP contribution in [0.2, 0.25) is 10.0 Å². The molecule has 2 heterocycles. The minimum absolute atomic E-state index is 0.0119. The topological polar surface area (TPSA) is 72.9 Å². The molecule has 5 atom stereocenters. The summed E-state index contributed by atoms with van der Waals surface area (Å²) >= 11 is 12.8. The average molecular weight is 625 g/mol. The van der Waals surface area contributed by atoms with Crippen molar-refractivity contribution >= 4 is 38.9 Å². The predicted octanol–water partition coefficient (Wildman–Crippen LogP) is 7.59. The van der Waals surface area contributed by atoms with E-state index < -0.39 is 26.3 Å². The summed E-state index contributed by atoms with van der Waals surface area (Å²) in [7, 11) is -3.29. The van der Waals surface area contributed by atoms with Crippen LogP contribution in [0.15, 0.2) is 48.5 Å². The van der Waals surface area contributed by atoms with Crippen LogP contribution in [0.1, 0.15) is 90.3 Å². The first kappa shape index (κ1) is 32.3. The van der Waals surface area contributed by atoms with Gasteiger partial charge >= 0.3 is 0 Å². The molecular formula is C32H43Cl2NO5S. The molecule has 0 N–H and O–H groups in total. The van der Waals surface area contributed by atoms with Crippen molar-refractivity contribution in [2.45, 2.75) is 102 Å². The van der Waals surface area contributed by atoms with Gasteiger partial charge in [0.1, 0.15) is 0 Å². The van der Waals surface area contributed by atoms with Crippen LogP contribution >= 0.6 is 23.2 Å². The molecule has 2 fully saturated rings. The van der Waals surface area contributed by atoms with Crippen LogP contribution in [0.5, 0.6) is 0 Å². The minimum atomic E-state index is -3.29. The molecule has 6 nitrogen and oxygen atoms in total. The number of amides is 1. The van der Waals surface area contributed by atoms with Crippen molar-refractivity contribution in [3.8, 4) is 0 Å². The van der Waals surface area contributed by atoms with Crippen molar-refractivity contribution in [1.29, 1.82) is 0 Å². The third-order valence-corrected chi connectivity index (χ3v) is 11.4. The summed E-state index contributed by atoms with van der Waals surface area (Å²) < 4.78 is 37.8. The van der Waals surface area contributed by atoms with Crippen LogP contribution in [0.25, 0.3) is 0 Å². The summed E-state index contributed by atoms with van der Waals surface area (Å²) in [6.45, 7) is 11.6. The van der Waals surface area contributed by atoms with Gasteiger partial charge in [-0.2, -0.15) is 0 Å². The summed E-state index contributed by atoms with van der Waals surface area (Å²) in [5, 5.41) is 0.769. The summed E-state index contributed by atoms with van der Waals surface area (Å²) in [4.78, 5) is 16.8. The Hall–Kier alpha value is -1.64. The van der Waals surface area contributed by atoms with E-state index in [1.54, 1.807) is 13.8 Å². The standard InChI is InChI=1S/C32H43Cl2NO5S/c1-7-26(15-16-41(37,38)21(2)3)35-29(22-11-13-24(33)14-12-22)28(23-9-8-10-25(34)17-23)19-32(6,30(35)36)18-27-20-39-31(4,5)40-27/h8-14,17,21,26-29H,7,15-16,18-20H2,1-6H3/t26-,27?,28?,29+,32-/m0/s1. The van der Waals surface area contributed by atoms with Gasteiger partial charge in [0.05, 0.1) is 29.8 Å². The summed E-state index contributed by atoms with van der Waals surface area (Å²) in [5.41, 5.74) is 1.23. The van der Waals surface area contributed by atoms with Gasteiger partial charge in [-0.25, -0.2) is 8.42 Å². The van der Waals surface area contributed by atoms with E-state index in [9.17, 15) is 13.2 Å². The Balaban J connectivity index is 1.83. The van der Waals surface area contributed by atoms with E-state index in [1.807, 2.05) is 75.1 Å². The van der Waals surface area contributed by atoms with Gasteiger partial charge in [-0.1, -0.05) is 61.3 Å². The maximum Gasteiger partial charge on any atom is 0.229 e. The second-order valence-corrected chi connectivity index (χ2v) is 16.1. The van der Waals surface area contributed by atoms with Crippen LogP contribution in [-0.2, 0) is 24.1 Å². The number of rotatable bonds is 10. The largest absolute Gasteiger partial charge is 0.348 e. The van der Waals surface area contributed by atoms with E-state index in [2.05, 4.69) is 6.07 Å². The van der Waals surface area contributed by atoms with Crippen molar-refractivity contribution in [1.82, 2.24) is 4.90 Å². The highest BCUT2D eigenvalue weighted by atomic mass is 35.5. The van der Waals surface area contributed by atoms with E-state index in [1.165, 1.54) is 0 Å². The molecule has 2 saturated heterocycles. The SMILES string of the molecule is CC[C@@H](CCS(=O)(=O)C(C)C)N1C(=O)[C@@](C)(CC2COC(C)(C)O2)CC(c2cccc(Cl)c2)[C@H]1c1ccc(Cl)cc1. The zero-order chi connectivity index (χ0) is 30.2. The van der Waals surface area contributed by atoms with Crippen LogP contribution in [0.4, 0.5) is 0 Å². The molecule has 9 heteroatoms. The molecule has 2 aliphatic heterocycles. The molecule has 0 aromatic heterocycles. The number of hydrogen-bond donors (Lipinski definition) is 0. The number of likely N-dealkylation sites (tertiary alicyclic amines) is 1. The Morgan fingerprint density at radius 3 is 2.27 bits per heavy atom. The Bertz CT molecular complexity index is 1330. The second-order valence-electron chi connectivity index (χ2n) is 12.6. The summed E-state index contributed by atoms with van der Waals surface area (Å²) in [5.74, 6) is -0.762. The number of ether oxygens (including phenoxy) is 2. The fourth-order valence-corrected chi connectivity index (χ4v) is 7.81. The lowest BCUT2D eigenvalue weighted by atomic mass is 9.66. The van der Waals surface area contributed by atoms with Gasteiger partial charge in [-0.05, 0) is 88.8 Å². The lowest BCUT2D eigenvalue weighted by Crippen LogP contribution is -2.56. The van der Waals surface area contributed by atoms with Crippen molar-refractivity contribution in [3.63, 3.8) is 0 Å². The Labute approximate surface area is 255 Å². The van der Waals surface area contributed by atoms with E-state index in [-0.39, 0.29) is 35.8 Å². The van der Waals surface area contributed by atoms with Gasteiger partial charge in [-0.3, -0.25) is 4.79 Å². The van der Waals surface area contributed by atoms with E-state index in [0.717, 1.165) is 11.1 Å². The third-order valence-electron chi connectivity index (χ3n) is 8.65. The van der Waals surface area contributed by atoms with Crippen molar-refractivity contribution in [3.05, 3.63) is 69.7 Å². The van der Waals surface area contributed by atoms with Gasteiger partial charge in [-0.15, -0.1) is 0 Å². The lowest BCUT2D eigenvalue weighted by molar-refractivity contribution is -0.163.